The molecule has 76 valence electrons. The van der Waals surface area contributed by atoms with Gasteiger partial charge in [0.25, 0.3) is 11.7 Å². The molecule has 0 aromatic carbocycles. The summed E-state index contributed by atoms with van der Waals surface area (Å²) in [5.74, 6) is -0.942. The lowest BCUT2D eigenvalue weighted by Gasteiger charge is -1.99. The fourth-order valence-corrected chi connectivity index (χ4v) is 0.880. The molecule has 0 unspecified atom stereocenters. The van der Waals surface area contributed by atoms with Gasteiger partial charge in [0.05, 0.1) is 6.20 Å². The van der Waals surface area contributed by atoms with E-state index >= 15 is 0 Å². The summed E-state index contributed by atoms with van der Waals surface area (Å²) < 4.78 is 12.5. The number of amides is 1. The molecule has 0 radical (unpaired) electrons. The van der Waals surface area contributed by atoms with Gasteiger partial charge in [-0.2, -0.15) is 5.21 Å². The van der Waals surface area contributed by atoms with Crippen LogP contribution in [0.25, 0.3) is 0 Å². The normalized spacial score (nSPS) is 9.93. The number of aromatic amines is 1. The average Bonchev–Trinajstić information content (AvgIpc) is 2.74. The third-order valence-electron chi connectivity index (χ3n) is 1.52. The summed E-state index contributed by atoms with van der Waals surface area (Å²) in [6.07, 6.45) is 0.992. The molecular formula is C7H5FN6O. The average molecular weight is 208 g/mol. The molecule has 0 bridgehead atoms. The number of nitrogens with one attached hydrogen (secondary N) is 2. The van der Waals surface area contributed by atoms with Crippen LogP contribution in [-0.4, -0.2) is 31.5 Å². The van der Waals surface area contributed by atoms with E-state index in [1.807, 2.05) is 0 Å². The van der Waals surface area contributed by atoms with E-state index in [0.717, 1.165) is 6.20 Å². The smallest absolute Gasteiger partial charge is 0.298 e. The summed E-state index contributed by atoms with van der Waals surface area (Å²) >= 11 is 0. The lowest BCUT2D eigenvalue weighted by atomic mass is 10.4. The first-order valence-electron chi connectivity index (χ1n) is 3.92. The minimum Gasteiger partial charge on any atom is -0.304 e. The van der Waals surface area contributed by atoms with E-state index < -0.39 is 11.7 Å². The number of aromatic nitrogens is 5. The molecule has 1 amide bonds. The van der Waals surface area contributed by atoms with Gasteiger partial charge in [0.1, 0.15) is 11.6 Å². The minimum atomic E-state index is -0.567. The molecule has 2 aromatic heterocycles. The highest BCUT2D eigenvalue weighted by atomic mass is 19.1. The molecule has 2 N–H and O–H groups in total. The standard InChI is InChI=1S/C7H5FN6O/c8-4-1-2-5(9-3-4)10-7(15)6-11-13-14-12-6/h1-3H,(H,9,10,15)(H,11,12,13,14). The van der Waals surface area contributed by atoms with Crippen molar-refractivity contribution < 1.29 is 9.18 Å². The topological polar surface area (TPSA) is 96.5 Å². The molecule has 8 heteroatoms. The van der Waals surface area contributed by atoms with Crippen LogP contribution in [-0.2, 0) is 0 Å². The number of anilines is 1. The Hall–Kier alpha value is -2.38. The lowest BCUT2D eigenvalue weighted by molar-refractivity contribution is 0.101. The van der Waals surface area contributed by atoms with Crippen LogP contribution >= 0.6 is 0 Å². The van der Waals surface area contributed by atoms with Crippen molar-refractivity contribution in [3.05, 3.63) is 30.0 Å². The second-order valence-electron chi connectivity index (χ2n) is 2.55. The van der Waals surface area contributed by atoms with Gasteiger partial charge < -0.3 is 5.32 Å². The fraction of sp³-hybridized carbons (Fsp3) is 0. The van der Waals surface area contributed by atoms with Gasteiger partial charge in [0.2, 0.25) is 0 Å². The van der Waals surface area contributed by atoms with Gasteiger partial charge >= 0.3 is 0 Å². The maximum absolute atomic E-state index is 12.5. The molecule has 2 rings (SSSR count). The zero-order valence-corrected chi connectivity index (χ0v) is 7.31. The van der Waals surface area contributed by atoms with Crippen molar-refractivity contribution in [3.63, 3.8) is 0 Å². The number of rotatable bonds is 2. The quantitative estimate of drug-likeness (QED) is 0.723. The number of pyridine rings is 1. The van der Waals surface area contributed by atoms with Crippen LogP contribution in [0, 0.1) is 5.82 Å². The lowest BCUT2D eigenvalue weighted by Crippen LogP contribution is -2.14. The Balaban J connectivity index is 2.09. The van der Waals surface area contributed by atoms with Gasteiger partial charge in [0, 0.05) is 0 Å². The molecule has 0 fully saturated rings. The zero-order valence-electron chi connectivity index (χ0n) is 7.31. The highest BCUT2D eigenvalue weighted by Gasteiger charge is 2.10. The van der Waals surface area contributed by atoms with Gasteiger partial charge in [-0.15, -0.1) is 10.2 Å². The van der Waals surface area contributed by atoms with Crippen molar-refractivity contribution in [1.29, 1.82) is 0 Å². The third kappa shape index (κ3) is 2.10. The molecule has 2 aromatic rings. The van der Waals surface area contributed by atoms with Crippen LogP contribution in [0.3, 0.4) is 0 Å². The van der Waals surface area contributed by atoms with E-state index in [0.29, 0.717) is 0 Å². The molecule has 0 aliphatic rings. The monoisotopic (exact) mass is 208 g/mol. The first-order chi connectivity index (χ1) is 7.25. The molecule has 0 atom stereocenters. The Morgan fingerprint density at radius 2 is 2.33 bits per heavy atom. The molecule has 0 spiro atoms. The second kappa shape index (κ2) is 3.78. The number of nitrogens with zero attached hydrogens (tertiary/aromatic N) is 4. The van der Waals surface area contributed by atoms with Crippen molar-refractivity contribution in [2.45, 2.75) is 0 Å². The molecule has 15 heavy (non-hydrogen) atoms. The van der Waals surface area contributed by atoms with E-state index in [1.54, 1.807) is 0 Å². The molecule has 0 saturated heterocycles. The number of hydrogen-bond acceptors (Lipinski definition) is 5. The van der Waals surface area contributed by atoms with Crippen molar-refractivity contribution in [2.24, 2.45) is 0 Å². The number of carbonyl (C=O) groups excluding carboxylic acids is 1. The maximum Gasteiger partial charge on any atom is 0.298 e. The van der Waals surface area contributed by atoms with Crippen molar-refractivity contribution in [1.82, 2.24) is 25.6 Å². The van der Waals surface area contributed by atoms with Gasteiger partial charge in [-0.3, -0.25) is 4.79 Å². The van der Waals surface area contributed by atoms with Crippen LogP contribution in [0.4, 0.5) is 10.2 Å². The predicted molar refractivity (Wildman–Crippen MR) is 46.3 cm³/mol. The highest BCUT2D eigenvalue weighted by Crippen LogP contribution is 2.04. The summed E-state index contributed by atoms with van der Waals surface area (Å²) in [5.41, 5.74) is 0. The molecule has 0 aliphatic heterocycles. The number of carbonyl (C=O) groups is 1. The van der Waals surface area contributed by atoms with Crippen molar-refractivity contribution >= 4 is 11.7 Å². The summed E-state index contributed by atoms with van der Waals surface area (Å²) in [4.78, 5) is 15.0. The molecule has 7 nitrogen and oxygen atoms in total. The molecular weight excluding hydrogens is 203 g/mol. The van der Waals surface area contributed by atoms with Crippen molar-refractivity contribution in [2.75, 3.05) is 5.32 Å². The van der Waals surface area contributed by atoms with E-state index in [1.165, 1.54) is 12.1 Å². The largest absolute Gasteiger partial charge is 0.304 e. The second-order valence-corrected chi connectivity index (χ2v) is 2.55. The first kappa shape index (κ1) is 9.19. The van der Waals surface area contributed by atoms with Crippen LogP contribution in [0.15, 0.2) is 18.3 Å². The van der Waals surface area contributed by atoms with Crippen molar-refractivity contribution in [3.8, 4) is 0 Å². The third-order valence-corrected chi connectivity index (χ3v) is 1.52. The van der Waals surface area contributed by atoms with Gasteiger partial charge in [0.15, 0.2) is 0 Å². The van der Waals surface area contributed by atoms with Crippen LogP contribution in [0.5, 0.6) is 0 Å². The predicted octanol–water partition coefficient (Wildman–Crippen LogP) is -0.0139. The Morgan fingerprint density at radius 1 is 1.47 bits per heavy atom. The molecule has 0 aliphatic carbocycles. The first-order valence-corrected chi connectivity index (χ1v) is 3.92. The fourth-order valence-electron chi connectivity index (χ4n) is 0.880. The molecule has 0 saturated carbocycles. The Morgan fingerprint density at radius 3 is 2.93 bits per heavy atom. The van der Waals surface area contributed by atoms with E-state index in [2.05, 4.69) is 30.9 Å². The Bertz CT molecular complexity index is 453. The summed E-state index contributed by atoms with van der Waals surface area (Å²) in [5, 5.41) is 14.7. The number of H-pyrrole nitrogens is 1. The van der Waals surface area contributed by atoms with E-state index in [9.17, 15) is 9.18 Å². The molecule has 2 heterocycles. The summed E-state index contributed by atoms with van der Waals surface area (Å²) in [6.45, 7) is 0. The number of tetrazole rings is 1. The minimum absolute atomic E-state index is 0.110. The highest BCUT2D eigenvalue weighted by molar-refractivity contribution is 6.00. The SMILES string of the molecule is O=C(Nc1ccc(F)cn1)c1nn[nH]n1. The van der Waals surface area contributed by atoms with Gasteiger partial charge in [-0.1, -0.05) is 0 Å². The Kier molecular flexibility index (Phi) is 2.31. The van der Waals surface area contributed by atoms with Crippen LogP contribution < -0.4 is 5.32 Å². The number of hydrogen-bond donors (Lipinski definition) is 2. The Labute approximate surface area is 82.7 Å². The van der Waals surface area contributed by atoms with E-state index in [4.69, 9.17) is 0 Å². The van der Waals surface area contributed by atoms with E-state index in [-0.39, 0.29) is 11.6 Å². The summed E-state index contributed by atoms with van der Waals surface area (Å²) in [6, 6.07) is 2.51. The zero-order chi connectivity index (χ0) is 10.7. The maximum atomic E-state index is 12.5. The van der Waals surface area contributed by atoms with Crippen LogP contribution in [0.2, 0.25) is 0 Å². The van der Waals surface area contributed by atoms with Gasteiger partial charge in [-0.05, 0) is 17.3 Å². The summed E-state index contributed by atoms with van der Waals surface area (Å²) in [7, 11) is 0. The van der Waals surface area contributed by atoms with Gasteiger partial charge in [-0.25, -0.2) is 9.37 Å². The van der Waals surface area contributed by atoms with Crippen LogP contribution in [0.1, 0.15) is 10.6 Å². The number of halogens is 1.